The van der Waals surface area contributed by atoms with E-state index in [4.69, 9.17) is 0 Å². The lowest BCUT2D eigenvalue weighted by Gasteiger charge is -2.30. The minimum Gasteiger partial charge on any atom is -0.357 e. The minimum atomic E-state index is -0.196. The summed E-state index contributed by atoms with van der Waals surface area (Å²) >= 11 is 0. The summed E-state index contributed by atoms with van der Waals surface area (Å²) in [5.41, 5.74) is 0.624. The Balaban J connectivity index is 0.00000338. The first-order chi connectivity index (χ1) is 12.2. The predicted octanol–water partition coefficient (Wildman–Crippen LogP) is 4.01. The molecule has 1 aliphatic rings. The van der Waals surface area contributed by atoms with E-state index in [1.54, 1.807) is 12.1 Å². The van der Waals surface area contributed by atoms with Crippen molar-refractivity contribution < 1.29 is 4.39 Å². The van der Waals surface area contributed by atoms with Crippen LogP contribution in [0.15, 0.2) is 29.3 Å². The third kappa shape index (κ3) is 8.66. The number of nitrogens with zero attached hydrogens (tertiary/aromatic N) is 2. The van der Waals surface area contributed by atoms with E-state index >= 15 is 0 Å². The molecule has 148 valence electrons. The molecule has 2 rings (SSSR count). The van der Waals surface area contributed by atoms with Gasteiger partial charge in [-0.2, -0.15) is 0 Å². The lowest BCUT2D eigenvalue weighted by Crippen LogP contribution is -2.38. The quantitative estimate of drug-likeness (QED) is 0.258. The number of benzene rings is 1. The second kappa shape index (κ2) is 13.3. The van der Waals surface area contributed by atoms with Crippen LogP contribution in [0.25, 0.3) is 0 Å². The molecule has 0 amide bonds. The van der Waals surface area contributed by atoms with Crippen molar-refractivity contribution in [2.75, 3.05) is 32.7 Å². The second-order valence-corrected chi connectivity index (χ2v) is 6.94. The molecular formula is C20H34FIN4. The van der Waals surface area contributed by atoms with Crippen LogP contribution in [-0.2, 0) is 6.54 Å². The highest BCUT2D eigenvalue weighted by Gasteiger charge is 2.14. The average molecular weight is 476 g/mol. The van der Waals surface area contributed by atoms with E-state index in [1.807, 2.05) is 13.0 Å². The number of hydrogen-bond acceptors (Lipinski definition) is 2. The fraction of sp³-hybridized carbons (Fsp3) is 0.650. The van der Waals surface area contributed by atoms with Crippen LogP contribution in [0.2, 0.25) is 0 Å². The molecular weight excluding hydrogens is 442 g/mol. The van der Waals surface area contributed by atoms with Crippen LogP contribution >= 0.6 is 24.0 Å². The molecule has 0 spiro atoms. The second-order valence-electron chi connectivity index (χ2n) is 6.94. The molecule has 1 aromatic rings. The zero-order chi connectivity index (χ0) is 17.9. The smallest absolute Gasteiger partial charge is 0.191 e. The van der Waals surface area contributed by atoms with Crippen molar-refractivity contribution in [2.24, 2.45) is 10.9 Å². The first-order valence-electron chi connectivity index (χ1n) is 9.67. The van der Waals surface area contributed by atoms with Crippen LogP contribution in [0, 0.1) is 11.7 Å². The Kier molecular flexibility index (Phi) is 11.8. The zero-order valence-corrected chi connectivity index (χ0v) is 18.5. The lowest BCUT2D eigenvalue weighted by atomic mass is 9.99. The van der Waals surface area contributed by atoms with Crippen molar-refractivity contribution in [3.63, 3.8) is 0 Å². The van der Waals surface area contributed by atoms with Crippen LogP contribution in [0.4, 0.5) is 4.39 Å². The van der Waals surface area contributed by atoms with Crippen molar-refractivity contribution in [2.45, 2.75) is 46.1 Å². The molecule has 0 radical (unpaired) electrons. The minimum absolute atomic E-state index is 0. The number of nitrogens with one attached hydrogen (secondary N) is 2. The molecule has 1 fully saturated rings. The van der Waals surface area contributed by atoms with Gasteiger partial charge in [0.15, 0.2) is 5.96 Å². The maximum Gasteiger partial charge on any atom is 0.191 e. The zero-order valence-electron chi connectivity index (χ0n) is 16.1. The molecule has 0 atom stereocenters. The van der Waals surface area contributed by atoms with Gasteiger partial charge in [-0.05, 0) is 64.2 Å². The van der Waals surface area contributed by atoms with Gasteiger partial charge >= 0.3 is 0 Å². The Morgan fingerprint density at radius 2 is 1.92 bits per heavy atom. The molecule has 0 aromatic heterocycles. The fourth-order valence-corrected chi connectivity index (χ4v) is 3.09. The van der Waals surface area contributed by atoms with Crippen molar-refractivity contribution in [1.82, 2.24) is 15.5 Å². The van der Waals surface area contributed by atoms with Gasteiger partial charge in [-0.25, -0.2) is 9.38 Å². The Hall–Kier alpha value is -0.890. The molecule has 4 nitrogen and oxygen atoms in total. The molecule has 0 unspecified atom stereocenters. The molecule has 0 aliphatic carbocycles. The highest BCUT2D eigenvalue weighted by molar-refractivity contribution is 14.0. The van der Waals surface area contributed by atoms with E-state index in [2.05, 4.69) is 27.4 Å². The summed E-state index contributed by atoms with van der Waals surface area (Å²) in [7, 11) is 0. The molecule has 26 heavy (non-hydrogen) atoms. The summed E-state index contributed by atoms with van der Waals surface area (Å²) in [5, 5.41) is 6.58. The monoisotopic (exact) mass is 476 g/mol. The maximum absolute atomic E-state index is 13.7. The normalized spacial score (nSPS) is 16.2. The van der Waals surface area contributed by atoms with Gasteiger partial charge in [0.1, 0.15) is 5.82 Å². The van der Waals surface area contributed by atoms with Gasteiger partial charge in [-0.15, -0.1) is 24.0 Å². The summed E-state index contributed by atoms with van der Waals surface area (Å²) in [5.74, 6) is 1.46. The molecule has 0 bridgehead atoms. The van der Waals surface area contributed by atoms with Crippen LogP contribution in [0.3, 0.4) is 0 Å². The topological polar surface area (TPSA) is 39.7 Å². The lowest BCUT2D eigenvalue weighted by molar-refractivity contribution is 0.189. The van der Waals surface area contributed by atoms with Crippen LogP contribution < -0.4 is 10.6 Å². The van der Waals surface area contributed by atoms with Gasteiger partial charge in [0.05, 0.1) is 6.54 Å². The third-order valence-corrected chi connectivity index (χ3v) is 4.78. The Bertz CT molecular complexity index is 530. The Morgan fingerprint density at radius 3 is 2.62 bits per heavy atom. The van der Waals surface area contributed by atoms with Gasteiger partial charge < -0.3 is 15.5 Å². The number of unbranched alkanes of at least 4 members (excludes halogenated alkanes) is 1. The van der Waals surface area contributed by atoms with Gasteiger partial charge in [-0.3, -0.25) is 0 Å². The van der Waals surface area contributed by atoms with Gasteiger partial charge in [0, 0.05) is 18.7 Å². The van der Waals surface area contributed by atoms with Crippen molar-refractivity contribution in [1.29, 1.82) is 0 Å². The first kappa shape index (κ1) is 23.1. The number of hydrogen-bond donors (Lipinski definition) is 2. The summed E-state index contributed by atoms with van der Waals surface area (Å²) in [6.07, 6.45) is 5.00. The molecule has 1 aliphatic heterocycles. The molecule has 6 heteroatoms. The van der Waals surface area contributed by atoms with E-state index in [0.29, 0.717) is 12.1 Å². The Labute approximate surface area is 175 Å². The summed E-state index contributed by atoms with van der Waals surface area (Å²) in [4.78, 5) is 7.07. The van der Waals surface area contributed by atoms with Gasteiger partial charge in [0.25, 0.3) is 0 Å². The highest BCUT2D eigenvalue weighted by atomic mass is 127. The average Bonchev–Trinajstić information content (AvgIpc) is 2.62. The molecule has 2 N–H and O–H groups in total. The van der Waals surface area contributed by atoms with E-state index in [-0.39, 0.29) is 29.8 Å². The molecule has 0 saturated carbocycles. The number of rotatable bonds is 8. The van der Waals surface area contributed by atoms with Crippen LogP contribution in [0.5, 0.6) is 0 Å². The Morgan fingerprint density at radius 1 is 1.19 bits per heavy atom. The largest absolute Gasteiger partial charge is 0.357 e. The fourth-order valence-electron chi connectivity index (χ4n) is 3.09. The van der Waals surface area contributed by atoms with E-state index in [1.165, 1.54) is 45.0 Å². The van der Waals surface area contributed by atoms with Crippen molar-refractivity contribution >= 4 is 29.9 Å². The maximum atomic E-state index is 13.7. The standard InChI is InChI=1S/C20H33FN4.HI/c1-3-22-20(24-16-18-8-4-5-9-19(18)21)23-12-6-7-13-25-14-10-17(2)11-15-25;/h4-5,8-9,17H,3,6-7,10-16H2,1-2H3,(H2,22,23,24);1H. The summed E-state index contributed by atoms with van der Waals surface area (Å²) in [6, 6.07) is 6.80. The third-order valence-electron chi connectivity index (χ3n) is 4.78. The van der Waals surface area contributed by atoms with Gasteiger partial charge in [0.2, 0.25) is 0 Å². The highest BCUT2D eigenvalue weighted by Crippen LogP contribution is 2.16. The van der Waals surface area contributed by atoms with Crippen LogP contribution in [0.1, 0.15) is 45.1 Å². The van der Waals surface area contributed by atoms with Gasteiger partial charge in [-0.1, -0.05) is 25.1 Å². The first-order valence-corrected chi connectivity index (χ1v) is 9.67. The predicted molar refractivity (Wildman–Crippen MR) is 119 cm³/mol. The molecule has 1 saturated heterocycles. The van der Waals surface area contributed by atoms with Crippen molar-refractivity contribution in [3.05, 3.63) is 35.6 Å². The number of likely N-dealkylation sites (tertiary alicyclic amines) is 1. The molecule has 1 heterocycles. The van der Waals surface area contributed by atoms with Crippen LogP contribution in [-0.4, -0.2) is 43.6 Å². The van der Waals surface area contributed by atoms with E-state index < -0.39 is 0 Å². The SMILES string of the molecule is CCNC(=NCc1ccccc1F)NCCCCN1CCC(C)CC1.I. The summed E-state index contributed by atoms with van der Waals surface area (Å²) < 4.78 is 13.7. The van der Waals surface area contributed by atoms with E-state index in [0.717, 1.165) is 31.4 Å². The number of guanidine groups is 1. The molecule has 1 aromatic carbocycles. The summed E-state index contributed by atoms with van der Waals surface area (Å²) in [6.45, 7) is 10.1. The van der Waals surface area contributed by atoms with Crippen molar-refractivity contribution in [3.8, 4) is 0 Å². The van der Waals surface area contributed by atoms with E-state index in [9.17, 15) is 4.39 Å². The number of halogens is 2. The number of piperidine rings is 1. The number of aliphatic imine (C=N–C) groups is 1.